The van der Waals surface area contributed by atoms with Gasteiger partial charge in [0.05, 0.1) is 27.7 Å². The number of allylic oxidation sites excluding steroid dienone is 4. The Kier molecular flexibility index (Phi) is 39.8. The lowest BCUT2D eigenvalue weighted by Gasteiger charge is -2.24. The lowest BCUT2D eigenvalue weighted by atomic mass is 10.1. The highest BCUT2D eigenvalue weighted by Gasteiger charge is 2.27. The molecule has 9 nitrogen and oxygen atoms in total. The van der Waals surface area contributed by atoms with Crippen molar-refractivity contribution in [3.8, 4) is 0 Å². The quantitative estimate of drug-likeness (QED) is 0.0212. The number of quaternary nitrogens is 1. The monoisotopic (exact) mass is 843 g/mol. The lowest BCUT2D eigenvalue weighted by molar-refractivity contribution is -0.870. The highest BCUT2D eigenvalue weighted by molar-refractivity contribution is 7.47. The van der Waals surface area contributed by atoms with E-state index in [1.165, 1.54) is 148 Å². The van der Waals surface area contributed by atoms with Crippen LogP contribution in [0.5, 0.6) is 0 Å². The van der Waals surface area contributed by atoms with Gasteiger partial charge in [-0.05, 0) is 64.2 Å². The molecule has 0 saturated carbocycles. The molecular weight excluding hydrogens is 750 g/mol. The molecule has 0 aliphatic carbocycles. The van der Waals surface area contributed by atoms with Crippen molar-refractivity contribution in [1.29, 1.82) is 0 Å². The summed E-state index contributed by atoms with van der Waals surface area (Å²) in [5.74, 6) is -0.799. The average molecular weight is 843 g/mol. The van der Waals surface area contributed by atoms with Crippen LogP contribution in [0.1, 0.15) is 219 Å². The fourth-order valence-corrected chi connectivity index (χ4v) is 7.39. The second kappa shape index (κ2) is 40.9. The molecule has 1 unspecified atom stereocenters. The van der Waals surface area contributed by atoms with Gasteiger partial charge in [-0.25, -0.2) is 4.57 Å². The second-order valence-corrected chi connectivity index (χ2v) is 18.9. The van der Waals surface area contributed by atoms with Crippen LogP contribution < -0.4 is 0 Å². The Balaban J connectivity index is 4.29. The first-order valence-electron chi connectivity index (χ1n) is 24.1. The Bertz CT molecular complexity index is 1040. The van der Waals surface area contributed by atoms with E-state index in [-0.39, 0.29) is 32.0 Å². The molecule has 2 atom stereocenters. The first-order valence-corrected chi connectivity index (χ1v) is 25.6. The highest BCUT2D eigenvalue weighted by Crippen LogP contribution is 2.43. The number of rotatable bonds is 44. The Labute approximate surface area is 358 Å². The Morgan fingerprint density at radius 2 is 0.879 bits per heavy atom. The number of carbonyl (C=O) groups excluding carboxylic acids is 2. The van der Waals surface area contributed by atoms with Crippen LogP contribution in [0, 0.1) is 0 Å². The van der Waals surface area contributed by atoms with Gasteiger partial charge in [0.1, 0.15) is 19.8 Å². The average Bonchev–Trinajstić information content (AvgIpc) is 3.17. The van der Waals surface area contributed by atoms with Crippen molar-refractivity contribution in [3.05, 3.63) is 24.3 Å². The van der Waals surface area contributed by atoms with Crippen molar-refractivity contribution >= 4 is 19.8 Å². The molecule has 342 valence electrons. The van der Waals surface area contributed by atoms with Gasteiger partial charge in [-0.1, -0.05) is 167 Å². The van der Waals surface area contributed by atoms with Gasteiger partial charge in [-0.2, -0.15) is 0 Å². The Morgan fingerprint density at radius 3 is 1.29 bits per heavy atom. The molecule has 0 amide bonds. The van der Waals surface area contributed by atoms with E-state index in [9.17, 15) is 19.0 Å². The number of unbranched alkanes of at least 4 members (excludes halogenated alkanes) is 26. The minimum atomic E-state index is -4.38. The molecule has 0 aromatic rings. The number of esters is 2. The van der Waals surface area contributed by atoms with Crippen molar-refractivity contribution in [2.75, 3.05) is 47.5 Å². The van der Waals surface area contributed by atoms with E-state index in [4.69, 9.17) is 18.5 Å². The maximum Gasteiger partial charge on any atom is 0.472 e. The largest absolute Gasteiger partial charge is 0.472 e. The van der Waals surface area contributed by atoms with E-state index in [0.29, 0.717) is 17.4 Å². The standard InChI is InChI=1S/C48H92NO8P/c1-6-8-10-12-14-16-18-20-22-23-24-25-27-29-31-33-35-37-39-41-48(51)57-46(45-56-58(52,53)55-43-42-49(3,4)5)44-54-47(50)40-38-36-34-32-30-28-26-21-19-17-15-13-11-9-7-2/h17,19-20,22,46H,6-16,18,21,23-45H2,1-5H3/p+1/b19-17-,22-20-/t46-/m1/s1. The second-order valence-electron chi connectivity index (χ2n) is 17.5. The SMILES string of the molecule is CCCCCC/C=C\CCCCCCCCCC(=O)OC[C@H](COP(=O)(O)OCC[N+](C)(C)C)OC(=O)CCCCCCCCCCC/C=C\CCCCCCCC. The molecule has 0 saturated heterocycles. The molecule has 0 radical (unpaired) electrons. The van der Waals surface area contributed by atoms with Crippen LogP contribution in [0.2, 0.25) is 0 Å². The summed E-state index contributed by atoms with van der Waals surface area (Å²) in [6, 6.07) is 0. The zero-order chi connectivity index (χ0) is 42.8. The number of carbonyl (C=O) groups is 2. The molecular formula is C48H93NO8P+. The molecule has 0 aromatic carbocycles. The van der Waals surface area contributed by atoms with Crippen molar-refractivity contribution in [1.82, 2.24) is 0 Å². The van der Waals surface area contributed by atoms with Crippen molar-refractivity contribution < 1.29 is 42.1 Å². The van der Waals surface area contributed by atoms with Crippen LogP contribution in [-0.2, 0) is 32.7 Å². The molecule has 0 bridgehead atoms. The summed E-state index contributed by atoms with van der Waals surface area (Å²) in [5, 5.41) is 0. The van der Waals surface area contributed by atoms with Crippen LogP contribution in [0.25, 0.3) is 0 Å². The number of nitrogens with zero attached hydrogens (tertiary/aromatic N) is 1. The van der Waals surface area contributed by atoms with Gasteiger partial charge >= 0.3 is 19.8 Å². The first-order chi connectivity index (χ1) is 28.0. The predicted molar refractivity (Wildman–Crippen MR) is 243 cm³/mol. The Morgan fingerprint density at radius 1 is 0.517 bits per heavy atom. The first kappa shape index (κ1) is 56.5. The smallest absolute Gasteiger partial charge is 0.462 e. The van der Waals surface area contributed by atoms with Crippen LogP contribution in [-0.4, -0.2) is 74.9 Å². The molecule has 1 N–H and O–H groups in total. The van der Waals surface area contributed by atoms with Crippen molar-refractivity contribution in [2.45, 2.75) is 225 Å². The normalized spacial score (nSPS) is 13.7. The number of ether oxygens (including phenoxy) is 2. The molecule has 0 spiro atoms. The van der Waals surface area contributed by atoms with E-state index < -0.39 is 26.5 Å². The van der Waals surface area contributed by atoms with Gasteiger partial charge in [0, 0.05) is 12.8 Å². The number of hydrogen-bond donors (Lipinski definition) is 1. The summed E-state index contributed by atoms with van der Waals surface area (Å²) in [6.45, 7) is 4.42. The Hall–Kier alpha value is -1.51. The molecule has 0 fully saturated rings. The highest BCUT2D eigenvalue weighted by atomic mass is 31.2. The summed E-state index contributed by atoms with van der Waals surface area (Å²) in [6.07, 6.45) is 45.0. The summed E-state index contributed by atoms with van der Waals surface area (Å²) in [7, 11) is 1.48. The van der Waals surface area contributed by atoms with Crippen LogP contribution in [0.3, 0.4) is 0 Å². The topological polar surface area (TPSA) is 108 Å². The summed E-state index contributed by atoms with van der Waals surface area (Å²) in [4.78, 5) is 35.4. The zero-order valence-corrected chi connectivity index (χ0v) is 39.4. The maximum absolute atomic E-state index is 12.7. The summed E-state index contributed by atoms with van der Waals surface area (Å²) < 4.78 is 34.4. The molecule has 58 heavy (non-hydrogen) atoms. The number of likely N-dealkylation sites (N-methyl/N-ethyl adjacent to an activating group) is 1. The van der Waals surface area contributed by atoms with Gasteiger partial charge < -0.3 is 18.9 Å². The third-order valence-electron chi connectivity index (χ3n) is 10.5. The fourth-order valence-electron chi connectivity index (χ4n) is 6.65. The van der Waals surface area contributed by atoms with Gasteiger partial charge in [0.25, 0.3) is 0 Å². The van der Waals surface area contributed by atoms with Crippen LogP contribution in [0.4, 0.5) is 0 Å². The molecule has 0 rings (SSSR count). The zero-order valence-electron chi connectivity index (χ0n) is 38.5. The van der Waals surface area contributed by atoms with E-state index >= 15 is 0 Å². The van der Waals surface area contributed by atoms with Gasteiger partial charge in [0.2, 0.25) is 0 Å². The van der Waals surface area contributed by atoms with Crippen LogP contribution >= 0.6 is 7.82 Å². The molecule has 0 aliphatic heterocycles. The summed E-state index contributed by atoms with van der Waals surface area (Å²) in [5.41, 5.74) is 0. The molecule has 0 aliphatic rings. The number of phosphoric ester groups is 1. The van der Waals surface area contributed by atoms with E-state index in [1.807, 2.05) is 21.1 Å². The third kappa shape index (κ3) is 44.1. The lowest BCUT2D eigenvalue weighted by Crippen LogP contribution is -2.37. The van der Waals surface area contributed by atoms with Crippen molar-refractivity contribution in [3.63, 3.8) is 0 Å². The van der Waals surface area contributed by atoms with Gasteiger partial charge in [0.15, 0.2) is 6.10 Å². The molecule has 10 heteroatoms. The minimum absolute atomic E-state index is 0.0321. The van der Waals surface area contributed by atoms with Gasteiger partial charge in [-0.3, -0.25) is 18.6 Å². The van der Waals surface area contributed by atoms with E-state index in [1.54, 1.807) is 0 Å². The minimum Gasteiger partial charge on any atom is -0.462 e. The van der Waals surface area contributed by atoms with E-state index in [2.05, 4.69) is 38.2 Å². The van der Waals surface area contributed by atoms with Gasteiger partial charge in [-0.15, -0.1) is 0 Å². The number of phosphoric acid groups is 1. The van der Waals surface area contributed by atoms with Crippen LogP contribution in [0.15, 0.2) is 24.3 Å². The maximum atomic E-state index is 12.7. The molecule has 0 heterocycles. The van der Waals surface area contributed by atoms with E-state index in [0.717, 1.165) is 38.5 Å². The van der Waals surface area contributed by atoms with Crippen molar-refractivity contribution in [2.24, 2.45) is 0 Å². The third-order valence-corrected chi connectivity index (χ3v) is 11.4. The fraction of sp³-hybridized carbons (Fsp3) is 0.875. The summed E-state index contributed by atoms with van der Waals surface area (Å²) >= 11 is 0. The predicted octanol–water partition coefficient (Wildman–Crippen LogP) is 13.9. The molecule has 0 aromatic heterocycles. The number of hydrogen-bond acceptors (Lipinski definition) is 7.